The molecule has 0 spiro atoms. The summed E-state index contributed by atoms with van der Waals surface area (Å²) in [6.45, 7) is 18.6. The normalized spacial score (nSPS) is 9.40. The van der Waals surface area contributed by atoms with Gasteiger partial charge in [0.05, 0.1) is 11.6 Å². The molecule has 0 fully saturated rings. The second-order valence-electron chi connectivity index (χ2n) is 4.20. The van der Waals surface area contributed by atoms with Gasteiger partial charge in [-0.05, 0) is 36.5 Å². The summed E-state index contributed by atoms with van der Waals surface area (Å²) in [5.41, 5.74) is 3.20. The van der Waals surface area contributed by atoms with Crippen LogP contribution in [-0.2, 0) is 0 Å². The molecule has 0 N–H and O–H groups in total. The summed E-state index contributed by atoms with van der Waals surface area (Å²) in [7, 11) is 0. The van der Waals surface area contributed by atoms with Gasteiger partial charge < -0.3 is 0 Å². The van der Waals surface area contributed by atoms with Gasteiger partial charge in [0.25, 0.3) is 0 Å². The van der Waals surface area contributed by atoms with Gasteiger partial charge >= 0.3 is 0 Å². The number of nitriles is 1. The molecule has 0 aliphatic carbocycles. The number of nitrogens with zero attached hydrogens (tertiary/aromatic N) is 1. The van der Waals surface area contributed by atoms with E-state index in [-0.39, 0.29) is 0 Å². The molecule has 20 heavy (non-hydrogen) atoms. The summed E-state index contributed by atoms with van der Waals surface area (Å²) >= 11 is 0. The van der Waals surface area contributed by atoms with Crippen molar-refractivity contribution in [3.63, 3.8) is 0 Å². The van der Waals surface area contributed by atoms with Crippen LogP contribution >= 0.6 is 0 Å². The lowest BCUT2D eigenvalue weighted by Crippen LogP contribution is -1.93. The zero-order valence-corrected chi connectivity index (χ0v) is 15.2. The average molecular weight is 277 g/mol. The van der Waals surface area contributed by atoms with E-state index in [0.717, 1.165) is 17.5 Å². The topological polar surface area (TPSA) is 23.8 Å². The second-order valence-corrected chi connectivity index (χ2v) is 4.20. The first kappa shape index (κ1) is 23.8. The first-order valence-corrected chi connectivity index (χ1v) is 8.11. The molecule has 0 bridgehead atoms. The van der Waals surface area contributed by atoms with Crippen LogP contribution < -0.4 is 0 Å². The zero-order valence-electron chi connectivity index (χ0n) is 15.2. The van der Waals surface area contributed by atoms with Crippen molar-refractivity contribution >= 4 is 0 Å². The first-order chi connectivity index (χ1) is 9.60. The molecule has 0 saturated carbocycles. The Labute approximate surface area is 128 Å². The maximum Gasteiger partial charge on any atom is 0.0994 e. The fourth-order valence-electron chi connectivity index (χ4n) is 1.35. The predicted molar refractivity (Wildman–Crippen MR) is 93.3 cm³/mol. The zero-order chi connectivity index (χ0) is 16.6. The summed E-state index contributed by atoms with van der Waals surface area (Å²) in [5, 5.41) is 8.76. The minimum atomic E-state index is 0.589. The van der Waals surface area contributed by atoms with Crippen LogP contribution in [0, 0.1) is 18.3 Å². The quantitative estimate of drug-likeness (QED) is 0.580. The lowest BCUT2D eigenvalue weighted by atomic mass is 9.95. The van der Waals surface area contributed by atoms with Crippen LogP contribution in [0.4, 0.5) is 0 Å². The summed E-state index contributed by atoms with van der Waals surface area (Å²) in [5.74, 6) is 0.589. The second kappa shape index (κ2) is 17.7. The number of benzene rings is 1. The van der Waals surface area contributed by atoms with Crippen LogP contribution in [0.2, 0.25) is 0 Å². The minimum absolute atomic E-state index is 0.589. The van der Waals surface area contributed by atoms with E-state index < -0.39 is 0 Å². The van der Waals surface area contributed by atoms with E-state index in [0.29, 0.717) is 5.92 Å². The van der Waals surface area contributed by atoms with Crippen molar-refractivity contribution in [2.75, 3.05) is 0 Å². The molecular formula is C19H35N. The van der Waals surface area contributed by atoms with Crippen molar-refractivity contribution in [2.45, 2.75) is 81.1 Å². The van der Waals surface area contributed by atoms with Crippen molar-refractivity contribution < 1.29 is 0 Å². The maximum absolute atomic E-state index is 8.76. The molecule has 0 aromatic heterocycles. The monoisotopic (exact) mass is 277 g/mol. The third-order valence-corrected chi connectivity index (χ3v) is 2.55. The van der Waals surface area contributed by atoms with Gasteiger partial charge in [0.1, 0.15) is 0 Å². The van der Waals surface area contributed by atoms with E-state index in [1.807, 2.05) is 40.7 Å². The molecule has 0 amide bonds. The van der Waals surface area contributed by atoms with Crippen LogP contribution in [0.5, 0.6) is 0 Å². The average Bonchev–Trinajstić information content (AvgIpc) is 2.51. The standard InChI is InChI=1S/C12H15N.C3H8.2C2H6/c1-4-9(2)11-5-6-12(8-13)10(3)7-11;1-3-2;2*1-2/h5-7,9H,4H2,1-3H3;3H2,1-2H3;2*1-2H3. The lowest BCUT2D eigenvalue weighted by Gasteiger charge is -2.09. The Bertz CT molecular complexity index is 347. The van der Waals surface area contributed by atoms with Crippen LogP contribution in [-0.4, -0.2) is 0 Å². The third-order valence-electron chi connectivity index (χ3n) is 2.55. The van der Waals surface area contributed by atoms with Crippen molar-refractivity contribution in [1.29, 1.82) is 5.26 Å². The van der Waals surface area contributed by atoms with Crippen LogP contribution in [0.15, 0.2) is 18.2 Å². The first-order valence-electron chi connectivity index (χ1n) is 8.11. The number of rotatable bonds is 2. The smallest absolute Gasteiger partial charge is 0.0994 e. The molecule has 0 radical (unpaired) electrons. The fraction of sp³-hybridized carbons (Fsp3) is 0.632. The van der Waals surface area contributed by atoms with Gasteiger partial charge in [-0.2, -0.15) is 5.26 Å². The molecular weight excluding hydrogens is 242 g/mol. The van der Waals surface area contributed by atoms with E-state index in [1.165, 1.54) is 12.0 Å². The fourth-order valence-corrected chi connectivity index (χ4v) is 1.35. The number of aryl methyl sites for hydroxylation is 1. The summed E-state index contributed by atoms with van der Waals surface area (Å²) in [6, 6.07) is 8.27. The van der Waals surface area contributed by atoms with E-state index in [2.05, 4.69) is 45.9 Å². The molecule has 1 nitrogen and oxygen atoms in total. The highest BCUT2D eigenvalue weighted by Gasteiger charge is 2.04. The Hall–Kier alpha value is -1.29. The Balaban J connectivity index is -0.000000355. The van der Waals surface area contributed by atoms with Gasteiger partial charge in [-0.3, -0.25) is 0 Å². The summed E-state index contributed by atoms with van der Waals surface area (Å²) in [6.07, 6.45) is 2.39. The van der Waals surface area contributed by atoms with Crippen LogP contribution in [0.1, 0.15) is 90.8 Å². The third kappa shape index (κ3) is 10.6. The minimum Gasteiger partial charge on any atom is -0.192 e. The molecule has 1 atom stereocenters. The molecule has 1 aromatic carbocycles. The number of hydrogen-bond donors (Lipinski definition) is 0. The Morgan fingerprint density at radius 3 is 1.80 bits per heavy atom. The predicted octanol–water partition coefficient (Wildman–Crippen LogP) is 6.85. The highest BCUT2D eigenvalue weighted by molar-refractivity contribution is 5.40. The van der Waals surface area contributed by atoms with Gasteiger partial charge in [-0.25, -0.2) is 0 Å². The summed E-state index contributed by atoms with van der Waals surface area (Å²) < 4.78 is 0. The molecule has 1 aromatic rings. The lowest BCUT2D eigenvalue weighted by molar-refractivity contribution is 0.733. The number of hydrogen-bond acceptors (Lipinski definition) is 1. The van der Waals surface area contributed by atoms with Crippen molar-refractivity contribution in [2.24, 2.45) is 0 Å². The highest BCUT2D eigenvalue weighted by atomic mass is 14.2. The van der Waals surface area contributed by atoms with Crippen molar-refractivity contribution in [1.82, 2.24) is 0 Å². The van der Waals surface area contributed by atoms with Crippen LogP contribution in [0.25, 0.3) is 0 Å². The van der Waals surface area contributed by atoms with E-state index >= 15 is 0 Å². The molecule has 1 unspecified atom stereocenters. The van der Waals surface area contributed by atoms with E-state index in [9.17, 15) is 0 Å². The molecule has 0 aliphatic rings. The van der Waals surface area contributed by atoms with Gasteiger partial charge in [0, 0.05) is 0 Å². The van der Waals surface area contributed by atoms with E-state index in [1.54, 1.807) is 0 Å². The largest absolute Gasteiger partial charge is 0.192 e. The van der Waals surface area contributed by atoms with Gasteiger partial charge in [-0.1, -0.05) is 73.9 Å². The van der Waals surface area contributed by atoms with E-state index in [4.69, 9.17) is 5.26 Å². The van der Waals surface area contributed by atoms with Crippen molar-refractivity contribution in [3.05, 3.63) is 34.9 Å². The van der Waals surface area contributed by atoms with Crippen LogP contribution in [0.3, 0.4) is 0 Å². The van der Waals surface area contributed by atoms with Gasteiger partial charge in [0.2, 0.25) is 0 Å². The molecule has 0 heterocycles. The molecule has 0 aliphatic heterocycles. The van der Waals surface area contributed by atoms with Crippen molar-refractivity contribution in [3.8, 4) is 6.07 Å². The Morgan fingerprint density at radius 2 is 1.50 bits per heavy atom. The maximum atomic E-state index is 8.76. The molecule has 1 rings (SSSR count). The molecule has 116 valence electrons. The summed E-state index contributed by atoms with van der Waals surface area (Å²) in [4.78, 5) is 0. The highest BCUT2D eigenvalue weighted by Crippen LogP contribution is 2.20. The Kier molecular flexibility index (Phi) is 21.1. The SMILES string of the molecule is CC.CC.CCC.CCC(C)c1ccc(C#N)c(C)c1. The van der Waals surface area contributed by atoms with Gasteiger partial charge in [0.15, 0.2) is 0 Å². The Morgan fingerprint density at radius 1 is 1.05 bits per heavy atom. The molecule has 1 heteroatoms. The molecule has 0 saturated heterocycles. The van der Waals surface area contributed by atoms with Gasteiger partial charge in [-0.15, -0.1) is 0 Å².